The Hall–Kier alpha value is -3.44. The van der Waals surface area contributed by atoms with Gasteiger partial charge in [-0.05, 0) is 46.7 Å². The second-order valence-electron chi connectivity index (χ2n) is 9.54. The molecule has 6 rings (SSSR count). The molecule has 0 bridgehead atoms. The van der Waals surface area contributed by atoms with Crippen molar-refractivity contribution in [1.82, 2.24) is 15.1 Å². The van der Waals surface area contributed by atoms with Crippen LogP contribution in [0, 0.1) is 0 Å². The van der Waals surface area contributed by atoms with Gasteiger partial charge in [-0.1, -0.05) is 66.7 Å². The number of carbonyl (C=O) groups excluding carboxylic acids is 2. The molecule has 5 heteroatoms. The predicted octanol–water partition coefficient (Wildman–Crippen LogP) is 3.70. The third-order valence-electron chi connectivity index (χ3n) is 7.65. The lowest BCUT2D eigenvalue weighted by Crippen LogP contribution is -2.50. The second-order valence-corrected chi connectivity index (χ2v) is 9.54. The molecule has 0 aromatic heterocycles. The Morgan fingerprint density at radius 1 is 0.824 bits per heavy atom. The van der Waals surface area contributed by atoms with Gasteiger partial charge in [0.1, 0.15) is 0 Å². The molecule has 2 amide bonds. The summed E-state index contributed by atoms with van der Waals surface area (Å²) in [6.07, 6.45) is 1.88. The third kappa shape index (κ3) is 3.61. The highest BCUT2D eigenvalue weighted by molar-refractivity contribution is 6.01. The monoisotopic (exact) mass is 451 g/mol. The number of fused-ring (bicyclic) bond motifs is 5. The van der Waals surface area contributed by atoms with Crippen molar-refractivity contribution in [3.8, 4) is 0 Å². The van der Waals surface area contributed by atoms with Crippen LogP contribution >= 0.6 is 0 Å². The largest absolute Gasteiger partial charge is 0.354 e. The number of nitrogens with zero attached hydrogens (tertiary/aromatic N) is 2. The summed E-state index contributed by atoms with van der Waals surface area (Å²) in [4.78, 5) is 31.4. The van der Waals surface area contributed by atoms with Crippen molar-refractivity contribution in [2.24, 2.45) is 0 Å². The van der Waals surface area contributed by atoms with E-state index in [-0.39, 0.29) is 17.9 Å². The Balaban J connectivity index is 1.23. The number of hydrogen-bond donors (Lipinski definition) is 1. The van der Waals surface area contributed by atoms with Crippen molar-refractivity contribution in [2.45, 2.75) is 31.3 Å². The van der Waals surface area contributed by atoms with Gasteiger partial charge in [0.2, 0.25) is 5.91 Å². The van der Waals surface area contributed by atoms with Crippen molar-refractivity contribution >= 4 is 11.8 Å². The highest BCUT2D eigenvalue weighted by Gasteiger charge is 2.46. The van der Waals surface area contributed by atoms with Gasteiger partial charge < -0.3 is 10.2 Å². The Labute approximate surface area is 200 Å². The predicted molar refractivity (Wildman–Crippen MR) is 132 cm³/mol. The van der Waals surface area contributed by atoms with E-state index in [9.17, 15) is 9.59 Å². The van der Waals surface area contributed by atoms with Crippen LogP contribution in [-0.4, -0.2) is 47.8 Å². The minimum atomic E-state index is -0.405. The molecule has 3 aromatic rings. The van der Waals surface area contributed by atoms with Gasteiger partial charge in [-0.3, -0.25) is 14.5 Å². The molecule has 0 saturated heterocycles. The van der Waals surface area contributed by atoms with Crippen molar-refractivity contribution in [3.63, 3.8) is 0 Å². The summed E-state index contributed by atoms with van der Waals surface area (Å²) in [5.41, 5.74) is 6.66. The van der Waals surface area contributed by atoms with Crippen LogP contribution < -0.4 is 5.32 Å². The fourth-order valence-electron chi connectivity index (χ4n) is 5.95. The highest BCUT2D eigenvalue weighted by atomic mass is 16.2. The first-order valence-electron chi connectivity index (χ1n) is 12.3. The molecular weight excluding hydrogens is 422 g/mol. The minimum Gasteiger partial charge on any atom is -0.354 e. The zero-order valence-corrected chi connectivity index (χ0v) is 19.2. The van der Waals surface area contributed by atoms with Gasteiger partial charge in [-0.2, -0.15) is 0 Å². The first-order valence-corrected chi connectivity index (χ1v) is 12.3. The van der Waals surface area contributed by atoms with E-state index in [1.807, 2.05) is 41.3 Å². The summed E-state index contributed by atoms with van der Waals surface area (Å²) in [6.45, 7) is 4.00. The van der Waals surface area contributed by atoms with Gasteiger partial charge in [0, 0.05) is 38.3 Å². The molecule has 3 aromatic carbocycles. The summed E-state index contributed by atoms with van der Waals surface area (Å²) in [5.74, 6) is -0.368. The lowest BCUT2D eigenvalue weighted by Gasteiger charge is -2.45. The molecule has 0 fully saturated rings. The molecule has 3 aliphatic heterocycles. The maximum absolute atomic E-state index is 13.7. The topological polar surface area (TPSA) is 52.7 Å². The van der Waals surface area contributed by atoms with E-state index in [2.05, 4.69) is 46.6 Å². The van der Waals surface area contributed by atoms with E-state index in [0.717, 1.165) is 43.6 Å². The van der Waals surface area contributed by atoms with Gasteiger partial charge in [-0.25, -0.2) is 0 Å². The Kier molecular flexibility index (Phi) is 5.42. The molecular formula is C29H29N3O2. The van der Waals surface area contributed by atoms with Crippen LogP contribution in [0.25, 0.3) is 0 Å². The fourth-order valence-corrected chi connectivity index (χ4v) is 5.95. The van der Waals surface area contributed by atoms with Crippen molar-refractivity contribution in [3.05, 3.63) is 106 Å². The quantitative estimate of drug-likeness (QED) is 0.658. The molecule has 5 nitrogen and oxygen atoms in total. The van der Waals surface area contributed by atoms with Crippen LogP contribution in [0.3, 0.4) is 0 Å². The van der Waals surface area contributed by atoms with Gasteiger partial charge in [0.05, 0.1) is 12.0 Å². The number of carbonyl (C=O) groups is 2. The summed E-state index contributed by atoms with van der Waals surface area (Å²) in [5, 5.41) is 3.22. The van der Waals surface area contributed by atoms with E-state index in [1.165, 1.54) is 16.7 Å². The van der Waals surface area contributed by atoms with E-state index in [1.54, 1.807) is 0 Å². The molecule has 34 heavy (non-hydrogen) atoms. The summed E-state index contributed by atoms with van der Waals surface area (Å²) < 4.78 is 0. The Morgan fingerprint density at radius 3 is 2.35 bits per heavy atom. The maximum atomic E-state index is 13.7. The fraction of sp³-hybridized carbons (Fsp3) is 0.310. The van der Waals surface area contributed by atoms with E-state index >= 15 is 0 Å². The number of hydrogen-bond acceptors (Lipinski definition) is 3. The highest BCUT2D eigenvalue weighted by Crippen LogP contribution is 2.45. The van der Waals surface area contributed by atoms with Crippen LogP contribution in [0.1, 0.15) is 50.1 Å². The summed E-state index contributed by atoms with van der Waals surface area (Å²) >= 11 is 0. The van der Waals surface area contributed by atoms with E-state index in [0.29, 0.717) is 18.7 Å². The molecule has 2 unspecified atom stereocenters. The lowest BCUT2D eigenvalue weighted by atomic mass is 9.76. The zero-order chi connectivity index (χ0) is 23.1. The first kappa shape index (κ1) is 21.1. The van der Waals surface area contributed by atoms with Gasteiger partial charge in [0.15, 0.2) is 0 Å². The maximum Gasteiger partial charge on any atom is 0.254 e. The molecule has 0 aliphatic carbocycles. The average Bonchev–Trinajstić information content (AvgIpc) is 2.88. The molecule has 3 heterocycles. The SMILES string of the molecule is O=C(NCCN1CCc2ccccc2C1)C1c2ccccc2C(=O)N2CCc3ccccc3C12. The van der Waals surface area contributed by atoms with Gasteiger partial charge in [0.25, 0.3) is 5.91 Å². The van der Waals surface area contributed by atoms with Crippen molar-refractivity contribution < 1.29 is 9.59 Å². The number of nitrogens with one attached hydrogen (secondary N) is 1. The van der Waals surface area contributed by atoms with Crippen LogP contribution in [-0.2, 0) is 24.2 Å². The van der Waals surface area contributed by atoms with Crippen LogP contribution in [0.15, 0.2) is 72.8 Å². The van der Waals surface area contributed by atoms with E-state index < -0.39 is 5.92 Å². The van der Waals surface area contributed by atoms with Crippen LogP contribution in [0.2, 0.25) is 0 Å². The van der Waals surface area contributed by atoms with Gasteiger partial charge >= 0.3 is 0 Å². The normalized spacial score (nSPS) is 21.2. The number of rotatable bonds is 4. The second kappa shape index (κ2) is 8.73. The Bertz CT molecular complexity index is 1250. The molecule has 3 aliphatic rings. The Morgan fingerprint density at radius 2 is 1.50 bits per heavy atom. The minimum absolute atomic E-state index is 0.00376. The van der Waals surface area contributed by atoms with Gasteiger partial charge in [-0.15, -0.1) is 0 Å². The number of benzene rings is 3. The van der Waals surface area contributed by atoms with Crippen molar-refractivity contribution in [2.75, 3.05) is 26.2 Å². The van der Waals surface area contributed by atoms with E-state index in [4.69, 9.17) is 0 Å². The third-order valence-corrected chi connectivity index (χ3v) is 7.65. The van der Waals surface area contributed by atoms with Crippen molar-refractivity contribution in [1.29, 1.82) is 0 Å². The zero-order valence-electron chi connectivity index (χ0n) is 19.2. The molecule has 0 spiro atoms. The lowest BCUT2D eigenvalue weighted by molar-refractivity contribution is -0.124. The van der Waals surface area contributed by atoms with Crippen LogP contribution in [0.4, 0.5) is 0 Å². The van der Waals surface area contributed by atoms with Crippen LogP contribution in [0.5, 0.6) is 0 Å². The molecule has 0 radical (unpaired) electrons. The summed E-state index contributed by atoms with van der Waals surface area (Å²) in [6, 6.07) is 24.3. The first-order chi connectivity index (χ1) is 16.7. The average molecular weight is 452 g/mol. The smallest absolute Gasteiger partial charge is 0.254 e. The molecule has 1 N–H and O–H groups in total. The molecule has 172 valence electrons. The number of amides is 2. The molecule has 0 saturated carbocycles. The summed E-state index contributed by atoms with van der Waals surface area (Å²) in [7, 11) is 0. The molecule has 2 atom stereocenters. The standard InChI is InChI=1S/C29H29N3O2/c33-28(30-15-18-31-16-13-20-7-1-2-9-22(20)19-31)26-24-11-5-6-12-25(24)29(34)32-17-14-21-8-3-4-10-23(21)27(26)32/h1-12,26-27H,13-19H2,(H,30,33).